The molecule has 1 saturated carbocycles. The lowest BCUT2D eigenvalue weighted by Gasteiger charge is -2.29. The molecule has 0 aliphatic heterocycles. The van der Waals surface area contributed by atoms with Gasteiger partial charge in [-0.3, -0.25) is 0 Å². The van der Waals surface area contributed by atoms with Gasteiger partial charge in [-0.25, -0.2) is 0 Å². The van der Waals surface area contributed by atoms with Crippen LogP contribution >= 0.6 is 0 Å². The van der Waals surface area contributed by atoms with Crippen LogP contribution < -0.4 is 15.2 Å². The maximum atomic E-state index is 6.33. The fourth-order valence-electron chi connectivity index (χ4n) is 3.14. The standard InChI is InChI=1S/C18H29NO2/c1-3-14-8-10-16(11-9-14)21-18-15(12-13-19)6-5-7-17(18)20-4-2/h5-7,14,16H,3-4,8-13,19H2,1-2H3. The van der Waals surface area contributed by atoms with Crippen molar-refractivity contribution in [2.24, 2.45) is 11.7 Å². The molecule has 0 amide bonds. The van der Waals surface area contributed by atoms with E-state index in [-0.39, 0.29) is 0 Å². The van der Waals surface area contributed by atoms with Gasteiger partial charge in [-0.1, -0.05) is 25.5 Å². The molecule has 1 aliphatic rings. The molecule has 1 fully saturated rings. The van der Waals surface area contributed by atoms with E-state index in [4.69, 9.17) is 15.2 Å². The summed E-state index contributed by atoms with van der Waals surface area (Å²) >= 11 is 0. The fourth-order valence-corrected chi connectivity index (χ4v) is 3.14. The molecule has 1 aromatic rings. The first-order valence-electron chi connectivity index (χ1n) is 8.39. The number of rotatable bonds is 7. The van der Waals surface area contributed by atoms with E-state index in [1.165, 1.54) is 24.8 Å². The molecule has 0 bridgehead atoms. The van der Waals surface area contributed by atoms with E-state index in [1.54, 1.807) is 0 Å². The first-order chi connectivity index (χ1) is 10.3. The van der Waals surface area contributed by atoms with Crippen molar-refractivity contribution >= 4 is 0 Å². The van der Waals surface area contributed by atoms with Crippen LogP contribution in [-0.4, -0.2) is 19.3 Å². The Hall–Kier alpha value is -1.22. The van der Waals surface area contributed by atoms with Crippen LogP contribution in [0.15, 0.2) is 18.2 Å². The van der Waals surface area contributed by atoms with Gasteiger partial charge in [0.2, 0.25) is 0 Å². The maximum Gasteiger partial charge on any atom is 0.164 e. The van der Waals surface area contributed by atoms with E-state index in [1.807, 2.05) is 19.1 Å². The molecule has 1 aliphatic carbocycles. The summed E-state index contributed by atoms with van der Waals surface area (Å²) in [6.45, 7) is 5.58. The minimum atomic E-state index is 0.325. The highest BCUT2D eigenvalue weighted by atomic mass is 16.5. The first kappa shape index (κ1) is 16.2. The first-order valence-corrected chi connectivity index (χ1v) is 8.39. The molecule has 3 heteroatoms. The Kier molecular flexibility index (Phi) is 6.37. The molecule has 3 nitrogen and oxygen atoms in total. The molecular weight excluding hydrogens is 262 g/mol. The van der Waals surface area contributed by atoms with Gasteiger partial charge < -0.3 is 15.2 Å². The van der Waals surface area contributed by atoms with E-state index in [0.717, 1.165) is 36.7 Å². The van der Waals surface area contributed by atoms with Gasteiger partial charge in [-0.05, 0) is 63.1 Å². The zero-order valence-electron chi connectivity index (χ0n) is 13.4. The Bertz CT molecular complexity index is 401. The fraction of sp³-hybridized carbons (Fsp3) is 0.667. The minimum Gasteiger partial charge on any atom is -0.490 e. The van der Waals surface area contributed by atoms with Crippen molar-refractivity contribution in [2.75, 3.05) is 13.2 Å². The number of ether oxygens (including phenoxy) is 2. The summed E-state index contributed by atoms with van der Waals surface area (Å²) in [5, 5.41) is 0. The van der Waals surface area contributed by atoms with E-state index >= 15 is 0 Å². The summed E-state index contributed by atoms with van der Waals surface area (Å²) in [6.07, 6.45) is 7.32. The number of hydrogen-bond donors (Lipinski definition) is 1. The normalized spacial score (nSPS) is 22.0. The number of benzene rings is 1. The summed E-state index contributed by atoms with van der Waals surface area (Å²) in [4.78, 5) is 0. The summed E-state index contributed by atoms with van der Waals surface area (Å²) < 4.78 is 12.1. The van der Waals surface area contributed by atoms with Gasteiger partial charge in [-0.2, -0.15) is 0 Å². The zero-order valence-corrected chi connectivity index (χ0v) is 13.4. The van der Waals surface area contributed by atoms with Crippen LogP contribution in [0.2, 0.25) is 0 Å². The third-order valence-corrected chi connectivity index (χ3v) is 4.43. The smallest absolute Gasteiger partial charge is 0.164 e. The predicted octanol–water partition coefficient (Wildman–Crippen LogP) is 3.93. The van der Waals surface area contributed by atoms with Crippen molar-refractivity contribution < 1.29 is 9.47 Å². The van der Waals surface area contributed by atoms with Gasteiger partial charge in [-0.15, -0.1) is 0 Å². The lowest BCUT2D eigenvalue weighted by atomic mass is 9.86. The molecule has 0 spiro atoms. The Labute approximate surface area is 128 Å². The Morgan fingerprint density at radius 1 is 1.14 bits per heavy atom. The summed E-state index contributed by atoms with van der Waals surface area (Å²) in [5.41, 5.74) is 6.89. The highest BCUT2D eigenvalue weighted by Gasteiger charge is 2.23. The van der Waals surface area contributed by atoms with Crippen LogP contribution in [0.4, 0.5) is 0 Å². The van der Waals surface area contributed by atoms with Crippen LogP contribution in [0, 0.1) is 5.92 Å². The van der Waals surface area contributed by atoms with Gasteiger partial charge in [0.25, 0.3) is 0 Å². The second-order valence-corrected chi connectivity index (χ2v) is 5.88. The van der Waals surface area contributed by atoms with Crippen molar-refractivity contribution in [3.05, 3.63) is 23.8 Å². The van der Waals surface area contributed by atoms with E-state index in [0.29, 0.717) is 19.3 Å². The van der Waals surface area contributed by atoms with Crippen LogP contribution in [0.3, 0.4) is 0 Å². The summed E-state index contributed by atoms with van der Waals surface area (Å²) in [5.74, 6) is 2.67. The van der Waals surface area contributed by atoms with Crippen LogP contribution in [0.25, 0.3) is 0 Å². The molecule has 2 N–H and O–H groups in total. The zero-order chi connectivity index (χ0) is 15.1. The van der Waals surface area contributed by atoms with Gasteiger partial charge in [0.15, 0.2) is 11.5 Å². The summed E-state index contributed by atoms with van der Waals surface area (Å²) in [6, 6.07) is 6.12. The Balaban J connectivity index is 2.09. The third kappa shape index (κ3) is 4.37. The molecule has 1 aromatic carbocycles. The van der Waals surface area contributed by atoms with Crippen molar-refractivity contribution in [3.8, 4) is 11.5 Å². The van der Waals surface area contributed by atoms with Gasteiger partial charge in [0.05, 0.1) is 12.7 Å². The minimum absolute atomic E-state index is 0.325. The highest BCUT2D eigenvalue weighted by molar-refractivity contribution is 5.47. The molecule has 0 radical (unpaired) electrons. The molecule has 0 heterocycles. The van der Waals surface area contributed by atoms with Crippen LogP contribution in [0.1, 0.15) is 51.5 Å². The van der Waals surface area contributed by atoms with Crippen molar-refractivity contribution in [3.63, 3.8) is 0 Å². The summed E-state index contributed by atoms with van der Waals surface area (Å²) in [7, 11) is 0. The van der Waals surface area contributed by atoms with E-state index < -0.39 is 0 Å². The third-order valence-electron chi connectivity index (χ3n) is 4.43. The number of hydrogen-bond acceptors (Lipinski definition) is 3. The molecular formula is C18H29NO2. The van der Waals surface area contributed by atoms with E-state index in [2.05, 4.69) is 13.0 Å². The molecule has 21 heavy (non-hydrogen) atoms. The molecule has 0 aromatic heterocycles. The average Bonchev–Trinajstić information content (AvgIpc) is 2.51. The number of nitrogens with two attached hydrogens (primary N) is 1. The molecule has 0 unspecified atom stereocenters. The van der Waals surface area contributed by atoms with Crippen LogP contribution in [-0.2, 0) is 6.42 Å². The quantitative estimate of drug-likeness (QED) is 0.827. The predicted molar refractivity (Wildman–Crippen MR) is 87.0 cm³/mol. The SMILES string of the molecule is CCOc1cccc(CCN)c1OC1CCC(CC)CC1. The van der Waals surface area contributed by atoms with Crippen molar-refractivity contribution in [1.82, 2.24) is 0 Å². The van der Waals surface area contributed by atoms with Crippen molar-refractivity contribution in [2.45, 2.75) is 58.5 Å². The van der Waals surface area contributed by atoms with Gasteiger partial charge in [0.1, 0.15) is 0 Å². The lowest BCUT2D eigenvalue weighted by molar-refractivity contribution is 0.123. The average molecular weight is 291 g/mol. The monoisotopic (exact) mass is 291 g/mol. The van der Waals surface area contributed by atoms with Crippen molar-refractivity contribution in [1.29, 1.82) is 0 Å². The molecule has 2 rings (SSSR count). The van der Waals surface area contributed by atoms with Crippen LogP contribution in [0.5, 0.6) is 11.5 Å². The number of para-hydroxylation sites is 1. The maximum absolute atomic E-state index is 6.33. The van der Waals surface area contributed by atoms with Gasteiger partial charge >= 0.3 is 0 Å². The lowest BCUT2D eigenvalue weighted by Crippen LogP contribution is -2.24. The second kappa shape index (κ2) is 8.28. The largest absolute Gasteiger partial charge is 0.490 e. The second-order valence-electron chi connectivity index (χ2n) is 5.88. The topological polar surface area (TPSA) is 44.5 Å². The van der Waals surface area contributed by atoms with Gasteiger partial charge in [0, 0.05) is 0 Å². The van der Waals surface area contributed by atoms with E-state index in [9.17, 15) is 0 Å². The Morgan fingerprint density at radius 3 is 2.52 bits per heavy atom. The molecule has 0 saturated heterocycles. The molecule has 118 valence electrons. The Morgan fingerprint density at radius 2 is 1.90 bits per heavy atom. The highest BCUT2D eigenvalue weighted by Crippen LogP contribution is 2.36. The molecule has 0 atom stereocenters.